The Balaban J connectivity index is 1.62. The van der Waals surface area contributed by atoms with Crippen LogP contribution in [0, 0.1) is 13.8 Å². The zero-order valence-electron chi connectivity index (χ0n) is 20.6. The average molecular weight is 492 g/mol. The van der Waals surface area contributed by atoms with E-state index in [0.717, 1.165) is 41.1 Å². The molecule has 4 heterocycles. The van der Waals surface area contributed by atoms with Crippen molar-refractivity contribution in [3.8, 4) is 0 Å². The third-order valence-corrected chi connectivity index (χ3v) is 7.41. The van der Waals surface area contributed by atoms with E-state index in [0.29, 0.717) is 29.0 Å². The van der Waals surface area contributed by atoms with Gasteiger partial charge in [0.1, 0.15) is 18.0 Å². The van der Waals surface area contributed by atoms with Crippen molar-refractivity contribution in [3.63, 3.8) is 0 Å². The molecule has 3 aromatic heterocycles. The van der Waals surface area contributed by atoms with Gasteiger partial charge in [-0.25, -0.2) is 14.5 Å². The molecule has 9 nitrogen and oxygen atoms in total. The maximum atomic E-state index is 13.3. The Morgan fingerprint density at radius 3 is 2.37 bits per heavy atom. The van der Waals surface area contributed by atoms with Gasteiger partial charge in [-0.2, -0.15) is 11.8 Å². The van der Waals surface area contributed by atoms with Crippen molar-refractivity contribution < 1.29 is 9.59 Å². The monoisotopic (exact) mass is 491 g/mol. The molecule has 0 bridgehead atoms. The van der Waals surface area contributed by atoms with Gasteiger partial charge in [-0.1, -0.05) is 12.1 Å². The van der Waals surface area contributed by atoms with E-state index in [1.165, 1.54) is 4.90 Å². The Hall–Kier alpha value is -3.24. The van der Waals surface area contributed by atoms with Crippen molar-refractivity contribution in [1.29, 1.82) is 0 Å². The minimum atomic E-state index is -0.554. The molecule has 1 aliphatic heterocycles. The fraction of sp³-hybridized carbons (Fsp3) is 0.400. The fourth-order valence-electron chi connectivity index (χ4n) is 4.76. The molecule has 0 saturated heterocycles. The van der Waals surface area contributed by atoms with Crippen LogP contribution in [0.4, 0.5) is 0 Å². The molecule has 1 atom stereocenters. The Kier molecular flexibility index (Phi) is 6.10. The van der Waals surface area contributed by atoms with E-state index in [1.54, 1.807) is 46.9 Å². The Bertz CT molecular complexity index is 1420. The zero-order valence-corrected chi connectivity index (χ0v) is 21.5. The maximum Gasteiger partial charge on any atom is 0.262 e. The number of hydrogen-bond acceptors (Lipinski definition) is 7. The van der Waals surface area contributed by atoms with Gasteiger partial charge in [-0.3, -0.25) is 14.5 Å². The van der Waals surface area contributed by atoms with E-state index in [4.69, 9.17) is 15.1 Å². The summed E-state index contributed by atoms with van der Waals surface area (Å²) >= 11 is 1.66. The van der Waals surface area contributed by atoms with E-state index in [1.807, 2.05) is 6.26 Å². The number of nitrogens with zero attached hydrogens (tertiary/aromatic N) is 7. The van der Waals surface area contributed by atoms with E-state index in [-0.39, 0.29) is 11.8 Å². The molecule has 0 aliphatic carbocycles. The zero-order chi connectivity index (χ0) is 24.9. The molecule has 2 amide bonds. The molecule has 0 spiro atoms. The fourth-order valence-corrected chi connectivity index (χ4v) is 5.21. The largest absolute Gasteiger partial charge is 0.328 e. The van der Waals surface area contributed by atoms with Gasteiger partial charge in [0.15, 0.2) is 11.5 Å². The average Bonchev–Trinajstić information content (AvgIpc) is 3.46. The molecule has 10 heteroatoms. The summed E-state index contributed by atoms with van der Waals surface area (Å²) in [6, 6.07) is 6.41. The number of hydrogen-bond donors (Lipinski definition) is 0. The topological polar surface area (TPSA) is 88.6 Å². The number of rotatable bonds is 8. The predicted molar refractivity (Wildman–Crippen MR) is 137 cm³/mol. The van der Waals surface area contributed by atoms with E-state index < -0.39 is 6.04 Å². The second kappa shape index (κ2) is 9.09. The highest BCUT2D eigenvalue weighted by atomic mass is 32.2. The SMILES string of the molecule is CSCC[C@H](c1nc2c3c(C)c(C)n(CCN(C)C)c3ncn2n1)N1C(=O)c2ccccc2C1=O. The van der Waals surface area contributed by atoms with Gasteiger partial charge < -0.3 is 9.47 Å². The van der Waals surface area contributed by atoms with Gasteiger partial charge in [-0.05, 0) is 64.1 Å². The van der Waals surface area contributed by atoms with Crippen molar-refractivity contribution in [1.82, 2.24) is 33.9 Å². The van der Waals surface area contributed by atoms with Crippen LogP contribution in [0.5, 0.6) is 0 Å². The summed E-state index contributed by atoms with van der Waals surface area (Å²) in [5.74, 6) is 0.641. The molecule has 5 rings (SSSR count). The summed E-state index contributed by atoms with van der Waals surface area (Å²) in [5.41, 5.74) is 4.69. The Morgan fingerprint density at radius 2 is 1.74 bits per heavy atom. The number of benzene rings is 1. The highest BCUT2D eigenvalue weighted by molar-refractivity contribution is 7.98. The van der Waals surface area contributed by atoms with Crippen LogP contribution in [0.15, 0.2) is 30.6 Å². The molecule has 0 N–H and O–H groups in total. The van der Waals surface area contributed by atoms with Crippen molar-refractivity contribution >= 4 is 40.3 Å². The Labute approximate surface area is 208 Å². The lowest BCUT2D eigenvalue weighted by molar-refractivity contribution is 0.0571. The highest BCUT2D eigenvalue weighted by Gasteiger charge is 2.41. The van der Waals surface area contributed by atoms with Crippen molar-refractivity contribution in [2.45, 2.75) is 32.9 Å². The van der Waals surface area contributed by atoms with Crippen molar-refractivity contribution in [2.24, 2.45) is 0 Å². The molecular formula is C25H29N7O2S. The standard InChI is InChI=1S/C25H29N7O2S/c1-15-16(2)30(12-11-29(3)4)22-20(15)23-27-21(28-31(23)14-26-22)19(10-13-35-5)32-24(33)17-8-6-7-9-18(17)25(32)34/h6-9,14,19H,10-13H2,1-5H3/t19-/m1/s1. The molecule has 0 radical (unpaired) electrons. The molecule has 0 saturated carbocycles. The van der Waals surface area contributed by atoms with E-state index in [9.17, 15) is 9.59 Å². The molecule has 182 valence electrons. The summed E-state index contributed by atoms with van der Waals surface area (Å²) in [7, 11) is 4.11. The van der Waals surface area contributed by atoms with Gasteiger partial charge in [0.2, 0.25) is 0 Å². The maximum absolute atomic E-state index is 13.3. The number of carbonyl (C=O) groups is 2. The first-order valence-corrected chi connectivity index (χ1v) is 13.0. The van der Waals surface area contributed by atoms with Crippen LogP contribution in [0.25, 0.3) is 16.7 Å². The smallest absolute Gasteiger partial charge is 0.262 e. The van der Waals surface area contributed by atoms with Crippen LogP contribution >= 0.6 is 11.8 Å². The quantitative estimate of drug-likeness (QED) is 0.349. The van der Waals surface area contributed by atoms with Crippen molar-refractivity contribution in [2.75, 3.05) is 32.6 Å². The van der Waals surface area contributed by atoms with Crippen LogP contribution < -0.4 is 0 Å². The molecule has 0 fully saturated rings. The van der Waals surface area contributed by atoms with Crippen molar-refractivity contribution in [3.05, 3.63) is 58.8 Å². The molecule has 35 heavy (non-hydrogen) atoms. The first kappa shape index (κ1) is 23.5. The summed E-state index contributed by atoms with van der Waals surface area (Å²) in [4.78, 5) is 39.6. The lowest BCUT2D eigenvalue weighted by Crippen LogP contribution is -2.35. The van der Waals surface area contributed by atoms with Gasteiger partial charge in [0, 0.05) is 18.8 Å². The van der Waals surface area contributed by atoms with Gasteiger partial charge >= 0.3 is 0 Å². The molecule has 1 aromatic carbocycles. The molecule has 0 unspecified atom stereocenters. The van der Waals surface area contributed by atoms with Crippen LogP contribution in [-0.2, 0) is 6.54 Å². The van der Waals surface area contributed by atoms with Crippen LogP contribution in [0.2, 0.25) is 0 Å². The number of aryl methyl sites for hydroxylation is 1. The van der Waals surface area contributed by atoms with Crippen LogP contribution in [-0.4, -0.2) is 78.4 Å². The summed E-state index contributed by atoms with van der Waals surface area (Å²) in [5, 5.41) is 5.67. The number of carbonyl (C=O) groups excluding carboxylic acids is 2. The number of imide groups is 1. The van der Waals surface area contributed by atoms with Crippen LogP contribution in [0.3, 0.4) is 0 Å². The summed E-state index contributed by atoms with van der Waals surface area (Å²) < 4.78 is 3.89. The third kappa shape index (κ3) is 3.81. The second-order valence-corrected chi connectivity index (χ2v) is 10.2. The van der Waals surface area contributed by atoms with Gasteiger partial charge in [0.05, 0.1) is 16.5 Å². The minimum absolute atomic E-state index is 0.291. The van der Waals surface area contributed by atoms with Crippen LogP contribution in [0.1, 0.15) is 50.3 Å². The van der Waals surface area contributed by atoms with Gasteiger partial charge in [0.25, 0.3) is 11.8 Å². The predicted octanol–water partition coefficient (Wildman–Crippen LogP) is 3.35. The number of aromatic nitrogens is 5. The number of fused-ring (bicyclic) bond motifs is 4. The second-order valence-electron chi connectivity index (χ2n) is 9.17. The van der Waals surface area contributed by atoms with E-state index >= 15 is 0 Å². The Morgan fingerprint density at radius 1 is 1.06 bits per heavy atom. The molecule has 4 aromatic rings. The number of likely N-dealkylation sites (N-methyl/N-ethyl adjacent to an activating group) is 1. The number of amides is 2. The summed E-state index contributed by atoms with van der Waals surface area (Å²) in [6.07, 6.45) is 4.25. The molecule has 1 aliphatic rings. The van der Waals surface area contributed by atoms with E-state index in [2.05, 4.69) is 37.4 Å². The minimum Gasteiger partial charge on any atom is -0.328 e. The lowest BCUT2D eigenvalue weighted by Gasteiger charge is -2.23. The normalized spacial score (nSPS) is 14.6. The molecular weight excluding hydrogens is 462 g/mol. The summed E-state index contributed by atoms with van der Waals surface area (Å²) in [6.45, 7) is 5.89. The third-order valence-electron chi connectivity index (χ3n) is 6.76. The number of thioether (sulfide) groups is 1. The lowest BCUT2D eigenvalue weighted by atomic mass is 10.1. The first-order valence-electron chi connectivity index (χ1n) is 11.6. The highest BCUT2D eigenvalue weighted by Crippen LogP contribution is 2.34. The first-order chi connectivity index (χ1) is 16.8. The van der Waals surface area contributed by atoms with Gasteiger partial charge in [-0.15, -0.1) is 5.10 Å².